The van der Waals surface area contributed by atoms with Crippen LogP contribution in [-0.4, -0.2) is 16.8 Å². The highest BCUT2D eigenvalue weighted by Gasteiger charge is 2.71. The lowest BCUT2D eigenvalue weighted by Crippen LogP contribution is -2.66. The third-order valence-corrected chi connectivity index (χ3v) is 18.6. The Morgan fingerprint density at radius 2 is 0.634 bits per heavy atom. The molecule has 230 valence electrons. The molecular formula is C36H57O4P. The normalized spacial score (nSPS) is 57.3. The second-order valence-corrected chi connectivity index (χ2v) is 20.9. The summed E-state index contributed by atoms with van der Waals surface area (Å²) < 4.78 is 38.4. The minimum atomic E-state index is -3.91. The second-order valence-electron chi connectivity index (χ2n) is 19.5. The van der Waals surface area contributed by atoms with Crippen molar-refractivity contribution in [3.8, 4) is 0 Å². The summed E-state index contributed by atoms with van der Waals surface area (Å²) in [6.07, 6.45) is 18.2. The molecule has 12 aliphatic carbocycles. The van der Waals surface area contributed by atoms with Gasteiger partial charge in [0.15, 0.2) is 0 Å². The van der Waals surface area contributed by atoms with Crippen molar-refractivity contribution in [1.82, 2.24) is 0 Å². The van der Waals surface area contributed by atoms with E-state index >= 15 is 4.57 Å². The first-order valence-corrected chi connectivity index (χ1v) is 19.3. The summed E-state index contributed by atoms with van der Waals surface area (Å²) in [4.78, 5) is 0. The van der Waals surface area contributed by atoms with Crippen LogP contribution in [0.2, 0.25) is 0 Å². The Bertz CT molecular complexity index is 1000. The number of phosphoric ester groups is 1. The predicted octanol–water partition coefficient (Wildman–Crippen LogP) is 9.96. The fraction of sp³-hybridized carbons (Fsp3) is 1.00. The Morgan fingerprint density at radius 1 is 0.415 bits per heavy atom. The molecule has 41 heavy (non-hydrogen) atoms. The van der Waals surface area contributed by atoms with E-state index in [4.69, 9.17) is 13.6 Å². The first-order valence-electron chi connectivity index (χ1n) is 17.9. The SMILES string of the molecule is CC1(C)C2CC3CC(C2)CC1(OP(=O)(OC12CC4CC(CC(C4)C1(C)C)C2)OC12CC4CC(CC(C4)C1(C)C)C2)C3. The van der Waals surface area contributed by atoms with E-state index in [0.717, 1.165) is 38.5 Å². The van der Waals surface area contributed by atoms with Crippen LogP contribution in [0.15, 0.2) is 0 Å². The van der Waals surface area contributed by atoms with E-state index in [1.54, 1.807) is 0 Å². The van der Waals surface area contributed by atoms with Gasteiger partial charge >= 0.3 is 7.82 Å². The number of hydrogen-bond acceptors (Lipinski definition) is 4. The van der Waals surface area contributed by atoms with Crippen LogP contribution < -0.4 is 0 Å². The van der Waals surface area contributed by atoms with E-state index in [9.17, 15) is 0 Å². The maximum Gasteiger partial charge on any atom is 0.476 e. The Labute approximate surface area is 249 Å². The molecule has 12 rings (SSSR count). The average molecular weight is 585 g/mol. The summed E-state index contributed by atoms with van der Waals surface area (Å²) in [7, 11) is -3.91. The number of hydrogen-bond donors (Lipinski definition) is 0. The van der Waals surface area contributed by atoms with Crippen molar-refractivity contribution < 1.29 is 18.1 Å². The van der Waals surface area contributed by atoms with Crippen molar-refractivity contribution >= 4 is 7.82 Å². The monoisotopic (exact) mass is 584 g/mol. The first kappa shape index (κ1) is 27.4. The van der Waals surface area contributed by atoms with Crippen LogP contribution in [-0.2, 0) is 18.1 Å². The van der Waals surface area contributed by atoms with Gasteiger partial charge in [0.1, 0.15) is 0 Å². The Morgan fingerprint density at radius 3 is 0.854 bits per heavy atom. The van der Waals surface area contributed by atoms with Gasteiger partial charge in [0.25, 0.3) is 0 Å². The van der Waals surface area contributed by atoms with E-state index in [1.165, 1.54) is 57.8 Å². The van der Waals surface area contributed by atoms with Crippen molar-refractivity contribution in [2.45, 2.75) is 155 Å². The van der Waals surface area contributed by atoms with Gasteiger partial charge in [0, 0.05) is 0 Å². The summed E-state index contributed by atoms with van der Waals surface area (Å²) in [5, 5.41) is 0. The lowest BCUT2D eigenvalue weighted by Gasteiger charge is -2.68. The van der Waals surface area contributed by atoms with Crippen molar-refractivity contribution in [2.75, 3.05) is 0 Å². The second kappa shape index (κ2) is 8.09. The maximum atomic E-state index is 16.1. The molecule has 0 heterocycles. The third kappa shape index (κ3) is 3.49. The molecule has 12 bridgehead atoms. The Balaban J connectivity index is 1.14. The molecule has 0 aliphatic heterocycles. The van der Waals surface area contributed by atoms with Crippen molar-refractivity contribution in [2.24, 2.45) is 69.5 Å². The molecule has 0 aromatic heterocycles. The number of rotatable bonds is 6. The quantitative estimate of drug-likeness (QED) is 0.292. The van der Waals surface area contributed by atoms with Crippen LogP contribution in [0.5, 0.6) is 0 Å². The summed E-state index contributed by atoms with van der Waals surface area (Å²) in [6, 6.07) is 0. The number of phosphoric acid groups is 1. The van der Waals surface area contributed by atoms with Crippen LogP contribution in [0.3, 0.4) is 0 Å². The molecule has 4 nitrogen and oxygen atoms in total. The van der Waals surface area contributed by atoms with Gasteiger partial charge in [-0.1, -0.05) is 41.5 Å². The minimum absolute atomic E-state index is 0.00320. The molecule has 12 aliphatic rings. The highest BCUT2D eigenvalue weighted by atomic mass is 31.2. The van der Waals surface area contributed by atoms with Gasteiger partial charge in [-0.3, -0.25) is 13.6 Å². The molecule has 0 N–H and O–H groups in total. The predicted molar refractivity (Wildman–Crippen MR) is 161 cm³/mol. The minimum Gasteiger partial charge on any atom is -0.280 e. The van der Waals surface area contributed by atoms with E-state index < -0.39 is 24.6 Å². The van der Waals surface area contributed by atoms with E-state index in [2.05, 4.69) is 41.5 Å². The summed E-state index contributed by atoms with van der Waals surface area (Å²) in [5.41, 5.74) is -1.19. The molecule has 0 aromatic carbocycles. The fourth-order valence-electron chi connectivity index (χ4n) is 14.5. The topological polar surface area (TPSA) is 44.8 Å². The lowest BCUT2D eigenvalue weighted by atomic mass is 9.44. The van der Waals surface area contributed by atoms with Gasteiger partial charge in [0.05, 0.1) is 16.8 Å². The van der Waals surface area contributed by atoms with Gasteiger partial charge < -0.3 is 0 Å². The van der Waals surface area contributed by atoms with Crippen LogP contribution in [0.4, 0.5) is 0 Å². The molecular weight excluding hydrogens is 527 g/mol. The molecule has 5 heteroatoms. The van der Waals surface area contributed by atoms with Crippen molar-refractivity contribution in [3.63, 3.8) is 0 Å². The Kier molecular flexibility index (Phi) is 5.41. The molecule has 6 atom stereocenters. The maximum absolute atomic E-state index is 16.1. The molecule has 0 radical (unpaired) electrons. The van der Waals surface area contributed by atoms with Gasteiger partial charge in [0.2, 0.25) is 0 Å². The van der Waals surface area contributed by atoms with Gasteiger partial charge in [-0.2, -0.15) is 0 Å². The van der Waals surface area contributed by atoms with Crippen LogP contribution in [0.1, 0.15) is 138 Å². The standard InChI is InChI=1S/C36H57O4P/c1-31(2)28-10-22-7-23(11-28)17-34(31,16-22)38-41(37,39-35-18-24-8-25(19-35)13-29(12-24)32(35,3)4)40-36-20-26-9-27(21-36)15-30(14-26)33(36,5)6/h22-30H,7-21H2,1-6H3. The lowest BCUT2D eigenvalue weighted by molar-refractivity contribution is -0.254. The van der Waals surface area contributed by atoms with Crippen LogP contribution in [0.25, 0.3) is 0 Å². The van der Waals surface area contributed by atoms with Crippen molar-refractivity contribution in [1.29, 1.82) is 0 Å². The summed E-state index contributed by atoms with van der Waals surface area (Å²) in [5.74, 6) is 6.24. The van der Waals surface area contributed by atoms with E-state index in [-0.39, 0.29) is 16.2 Å². The third-order valence-electron chi connectivity index (χ3n) is 16.9. The molecule has 0 spiro atoms. The van der Waals surface area contributed by atoms with Crippen LogP contribution in [0, 0.1) is 69.5 Å². The molecule has 12 fully saturated rings. The zero-order valence-corrected chi connectivity index (χ0v) is 27.8. The van der Waals surface area contributed by atoms with Crippen molar-refractivity contribution in [3.05, 3.63) is 0 Å². The van der Waals surface area contributed by atoms with Gasteiger partial charge in [-0.25, -0.2) is 4.57 Å². The summed E-state index contributed by atoms with van der Waals surface area (Å²) in [6.45, 7) is 14.6. The molecule has 0 aromatic rings. The van der Waals surface area contributed by atoms with Crippen LogP contribution >= 0.6 is 7.82 Å². The zero-order valence-electron chi connectivity index (χ0n) is 26.9. The van der Waals surface area contributed by atoms with Gasteiger partial charge in [-0.05, 0) is 166 Å². The molecule has 0 saturated heterocycles. The van der Waals surface area contributed by atoms with Gasteiger partial charge in [-0.15, -0.1) is 0 Å². The summed E-state index contributed by atoms with van der Waals surface area (Å²) >= 11 is 0. The fourth-order valence-corrected chi connectivity index (χ4v) is 17.0. The largest absolute Gasteiger partial charge is 0.476 e. The molecule has 0 amide bonds. The highest BCUT2D eigenvalue weighted by Crippen LogP contribution is 2.77. The molecule has 12 saturated carbocycles. The van der Waals surface area contributed by atoms with E-state index in [0.29, 0.717) is 53.3 Å². The smallest absolute Gasteiger partial charge is 0.280 e. The molecule has 6 unspecified atom stereocenters. The highest BCUT2D eigenvalue weighted by molar-refractivity contribution is 7.48. The average Bonchev–Trinajstić information content (AvgIpc) is 2.83. The first-order chi connectivity index (χ1) is 19.2. The zero-order chi connectivity index (χ0) is 28.4. The van der Waals surface area contributed by atoms with E-state index in [1.807, 2.05) is 0 Å². The Hall–Kier alpha value is 0.110.